The second-order valence-corrected chi connectivity index (χ2v) is 5.63. The molecule has 1 heterocycles. The zero-order chi connectivity index (χ0) is 11.6. The molecule has 0 saturated heterocycles. The van der Waals surface area contributed by atoms with Crippen LogP contribution in [0.3, 0.4) is 0 Å². The minimum atomic E-state index is -0.328. The molecule has 1 unspecified atom stereocenters. The van der Waals surface area contributed by atoms with Gasteiger partial charge in [-0.1, -0.05) is 0 Å². The fraction of sp³-hybridized carbons (Fsp3) is 0.750. The summed E-state index contributed by atoms with van der Waals surface area (Å²) < 4.78 is 5.51. The van der Waals surface area contributed by atoms with Crippen molar-refractivity contribution in [1.29, 1.82) is 0 Å². The number of nitrogens with zero attached hydrogens (tertiary/aromatic N) is 1. The van der Waals surface area contributed by atoms with Gasteiger partial charge in [-0.15, -0.1) is 11.3 Å². The molecule has 1 atom stereocenters. The molecule has 1 N–H and O–H groups in total. The van der Waals surface area contributed by atoms with Crippen molar-refractivity contribution in [3.63, 3.8) is 0 Å². The maximum Gasteiger partial charge on any atom is 0.0953 e. The summed E-state index contributed by atoms with van der Waals surface area (Å²) in [7, 11) is 1.75. The number of thiazole rings is 1. The maximum atomic E-state index is 10.0. The van der Waals surface area contributed by atoms with E-state index in [1.807, 2.05) is 12.3 Å². The Hall–Kier alpha value is -0.450. The lowest BCUT2D eigenvalue weighted by Crippen LogP contribution is -2.42. The van der Waals surface area contributed by atoms with E-state index in [-0.39, 0.29) is 11.7 Å². The molecule has 0 aliphatic heterocycles. The van der Waals surface area contributed by atoms with Crippen molar-refractivity contribution >= 4 is 11.3 Å². The summed E-state index contributed by atoms with van der Waals surface area (Å²) in [6.45, 7) is 1.98. The van der Waals surface area contributed by atoms with Crippen LogP contribution >= 0.6 is 11.3 Å². The number of aryl methyl sites for hydroxylation is 1. The van der Waals surface area contributed by atoms with E-state index in [1.165, 1.54) is 6.42 Å². The Labute approximate surface area is 100 Å². The fourth-order valence-corrected chi connectivity index (χ4v) is 3.11. The Morgan fingerprint density at radius 3 is 2.81 bits per heavy atom. The van der Waals surface area contributed by atoms with Gasteiger partial charge in [-0.3, -0.25) is 0 Å². The predicted molar refractivity (Wildman–Crippen MR) is 64.8 cm³/mol. The molecule has 1 aliphatic rings. The fourth-order valence-electron chi connectivity index (χ4n) is 2.26. The Morgan fingerprint density at radius 1 is 1.62 bits per heavy atom. The molecule has 90 valence electrons. The van der Waals surface area contributed by atoms with Crippen LogP contribution in [0, 0.1) is 6.92 Å². The lowest BCUT2D eigenvalue weighted by atomic mass is 9.76. The summed E-state index contributed by atoms with van der Waals surface area (Å²) in [5.74, 6) is 0. The lowest BCUT2D eigenvalue weighted by molar-refractivity contribution is -0.0989. The SMILES string of the molecule is COC1(CC(O)Cc2nc(C)cs2)CCC1. The number of ether oxygens (including phenoxy) is 1. The van der Waals surface area contributed by atoms with Crippen molar-refractivity contribution in [3.8, 4) is 0 Å². The Bertz CT molecular complexity index is 341. The van der Waals surface area contributed by atoms with E-state index in [0.717, 1.165) is 30.0 Å². The summed E-state index contributed by atoms with van der Waals surface area (Å²) in [6.07, 6.45) is 4.45. The maximum absolute atomic E-state index is 10.0. The third-order valence-corrected chi connectivity index (χ3v) is 4.37. The van der Waals surface area contributed by atoms with E-state index in [9.17, 15) is 5.11 Å². The minimum absolute atomic E-state index is 0.0499. The number of aliphatic hydroxyl groups excluding tert-OH is 1. The van der Waals surface area contributed by atoms with Gasteiger partial charge in [0.05, 0.1) is 16.7 Å². The number of rotatable bonds is 5. The van der Waals surface area contributed by atoms with Crippen LogP contribution in [0.5, 0.6) is 0 Å². The van der Waals surface area contributed by atoms with Crippen molar-refractivity contribution in [2.45, 2.75) is 50.7 Å². The molecule has 16 heavy (non-hydrogen) atoms. The second-order valence-electron chi connectivity index (χ2n) is 4.69. The van der Waals surface area contributed by atoms with Gasteiger partial charge in [-0.2, -0.15) is 0 Å². The van der Waals surface area contributed by atoms with E-state index in [2.05, 4.69) is 4.98 Å². The molecule has 0 amide bonds. The van der Waals surface area contributed by atoms with Gasteiger partial charge in [-0.05, 0) is 26.2 Å². The highest BCUT2D eigenvalue weighted by Gasteiger charge is 2.38. The monoisotopic (exact) mass is 241 g/mol. The Balaban J connectivity index is 1.86. The normalized spacial score (nSPS) is 20.4. The molecule has 0 spiro atoms. The number of aliphatic hydroxyl groups is 1. The van der Waals surface area contributed by atoms with Crippen LogP contribution in [-0.4, -0.2) is 28.9 Å². The number of methoxy groups -OCH3 is 1. The molecule has 0 aromatic carbocycles. The zero-order valence-corrected chi connectivity index (χ0v) is 10.7. The molecule has 3 nitrogen and oxygen atoms in total. The molecule has 1 saturated carbocycles. The van der Waals surface area contributed by atoms with Crippen LogP contribution in [0.1, 0.15) is 36.4 Å². The summed E-state index contributed by atoms with van der Waals surface area (Å²) in [5.41, 5.74) is 0.989. The van der Waals surface area contributed by atoms with E-state index < -0.39 is 0 Å². The van der Waals surface area contributed by atoms with Gasteiger partial charge in [0.15, 0.2) is 0 Å². The van der Waals surface area contributed by atoms with Gasteiger partial charge in [-0.25, -0.2) is 4.98 Å². The predicted octanol–water partition coefficient (Wildman–Crippen LogP) is 2.31. The van der Waals surface area contributed by atoms with E-state index in [4.69, 9.17) is 4.74 Å². The Kier molecular flexibility index (Phi) is 3.62. The third kappa shape index (κ3) is 2.62. The molecular formula is C12H19NO2S. The topological polar surface area (TPSA) is 42.4 Å². The lowest BCUT2D eigenvalue weighted by Gasteiger charge is -2.41. The highest BCUT2D eigenvalue weighted by Crippen LogP contribution is 2.39. The highest BCUT2D eigenvalue weighted by molar-refractivity contribution is 7.09. The van der Waals surface area contributed by atoms with E-state index in [1.54, 1.807) is 18.4 Å². The van der Waals surface area contributed by atoms with Gasteiger partial charge >= 0.3 is 0 Å². The van der Waals surface area contributed by atoms with Crippen molar-refractivity contribution in [2.75, 3.05) is 7.11 Å². The first-order valence-electron chi connectivity index (χ1n) is 5.78. The van der Waals surface area contributed by atoms with Crippen LogP contribution < -0.4 is 0 Å². The third-order valence-electron chi connectivity index (χ3n) is 3.38. The molecule has 1 aliphatic carbocycles. The second kappa shape index (κ2) is 4.82. The molecule has 4 heteroatoms. The Morgan fingerprint density at radius 2 is 2.38 bits per heavy atom. The van der Waals surface area contributed by atoms with Crippen LogP contribution in [0.2, 0.25) is 0 Å². The molecule has 1 aromatic heterocycles. The molecular weight excluding hydrogens is 222 g/mol. The van der Waals surface area contributed by atoms with Crippen LogP contribution in [-0.2, 0) is 11.2 Å². The standard InChI is InChI=1S/C12H19NO2S/c1-9-8-16-11(13-9)6-10(14)7-12(15-2)4-3-5-12/h8,10,14H,3-7H2,1-2H3. The van der Waals surface area contributed by atoms with Gasteiger partial charge in [0.2, 0.25) is 0 Å². The summed E-state index contributed by atoms with van der Waals surface area (Å²) in [4.78, 5) is 4.37. The van der Waals surface area contributed by atoms with Crippen LogP contribution in [0.25, 0.3) is 0 Å². The smallest absolute Gasteiger partial charge is 0.0953 e. The van der Waals surface area contributed by atoms with Crippen LogP contribution in [0.4, 0.5) is 0 Å². The van der Waals surface area contributed by atoms with Gasteiger partial charge in [0.25, 0.3) is 0 Å². The minimum Gasteiger partial charge on any atom is -0.393 e. The first-order chi connectivity index (χ1) is 7.63. The van der Waals surface area contributed by atoms with Crippen molar-refractivity contribution in [3.05, 3.63) is 16.1 Å². The van der Waals surface area contributed by atoms with Crippen LogP contribution in [0.15, 0.2) is 5.38 Å². The van der Waals surface area contributed by atoms with Crippen molar-refractivity contribution in [1.82, 2.24) is 4.98 Å². The zero-order valence-electron chi connectivity index (χ0n) is 9.90. The molecule has 0 radical (unpaired) electrons. The first-order valence-corrected chi connectivity index (χ1v) is 6.66. The van der Waals surface area contributed by atoms with Crippen molar-refractivity contribution in [2.24, 2.45) is 0 Å². The summed E-state index contributed by atoms with van der Waals surface area (Å²) in [6, 6.07) is 0. The number of hydrogen-bond acceptors (Lipinski definition) is 4. The van der Waals surface area contributed by atoms with Gasteiger partial charge in [0, 0.05) is 31.0 Å². The number of aromatic nitrogens is 1. The highest BCUT2D eigenvalue weighted by atomic mass is 32.1. The number of hydrogen-bond donors (Lipinski definition) is 1. The van der Waals surface area contributed by atoms with Gasteiger partial charge in [0.1, 0.15) is 0 Å². The average Bonchev–Trinajstić information content (AvgIpc) is 2.57. The molecule has 1 aromatic rings. The first kappa shape index (κ1) is 12.0. The summed E-state index contributed by atoms with van der Waals surface area (Å²) >= 11 is 1.63. The largest absolute Gasteiger partial charge is 0.393 e. The quantitative estimate of drug-likeness (QED) is 0.860. The van der Waals surface area contributed by atoms with E-state index in [0.29, 0.717) is 6.42 Å². The molecule has 1 fully saturated rings. The van der Waals surface area contributed by atoms with Gasteiger partial charge < -0.3 is 9.84 Å². The van der Waals surface area contributed by atoms with Crippen molar-refractivity contribution < 1.29 is 9.84 Å². The molecule has 2 rings (SSSR count). The summed E-state index contributed by atoms with van der Waals surface area (Å²) in [5, 5.41) is 13.1. The van der Waals surface area contributed by atoms with E-state index >= 15 is 0 Å². The average molecular weight is 241 g/mol. The molecule has 0 bridgehead atoms.